The Labute approximate surface area is 105 Å². The molecule has 0 unspecified atom stereocenters. The highest BCUT2D eigenvalue weighted by Crippen LogP contribution is 2.18. The van der Waals surface area contributed by atoms with Crippen LogP contribution in [0.3, 0.4) is 0 Å². The second-order valence-electron chi connectivity index (χ2n) is 3.91. The molecule has 0 aliphatic rings. The predicted octanol–water partition coefficient (Wildman–Crippen LogP) is 3.72. The minimum atomic E-state index is 0.0965. The summed E-state index contributed by atoms with van der Waals surface area (Å²) in [5.41, 5.74) is 1.68. The molecule has 0 spiro atoms. The summed E-state index contributed by atoms with van der Waals surface area (Å²) in [6, 6.07) is 7.47. The van der Waals surface area contributed by atoms with Crippen molar-refractivity contribution >= 4 is 17.1 Å². The number of hydrogen-bond acceptors (Lipinski definition) is 3. The lowest BCUT2D eigenvalue weighted by molar-refractivity contribution is 0.104. The Kier molecular flexibility index (Phi) is 4.04. The van der Waals surface area contributed by atoms with Gasteiger partial charge in [0.2, 0.25) is 5.78 Å². The van der Waals surface area contributed by atoms with Gasteiger partial charge in [-0.05, 0) is 36.4 Å². The van der Waals surface area contributed by atoms with Crippen molar-refractivity contribution in [2.24, 2.45) is 0 Å². The number of hydrogen-bond donors (Lipinski definition) is 0. The van der Waals surface area contributed by atoms with Gasteiger partial charge in [0.05, 0.1) is 10.6 Å². The van der Waals surface area contributed by atoms with Crippen LogP contribution in [0, 0.1) is 0 Å². The largest absolute Gasteiger partial charge is 0.288 e. The monoisotopic (exact) mass is 245 g/mol. The molecule has 0 amide bonds. The van der Waals surface area contributed by atoms with E-state index in [0.29, 0.717) is 0 Å². The summed E-state index contributed by atoms with van der Waals surface area (Å²) < 4.78 is 0. The Balaban J connectivity index is 2.28. The van der Waals surface area contributed by atoms with Gasteiger partial charge in [-0.2, -0.15) is 0 Å². The molecule has 0 aliphatic carbocycles. The maximum atomic E-state index is 12.3. The van der Waals surface area contributed by atoms with Crippen LogP contribution in [0.15, 0.2) is 35.8 Å². The maximum absolute atomic E-state index is 12.3. The van der Waals surface area contributed by atoms with E-state index in [9.17, 15) is 4.79 Å². The van der Waals surface area contributed by atoms with E-state index in [1.54, 1.807) is 6.20 Å². The van der Waals surface area contributed by atoms with Gasteiger partial charge in [-0.15, -0.1) is 11.3 Å². The van der Waals surface area contributed by atoms with Crippen molar-refractivity contribution in [3.05, 3.63) is 52.0 Å². The summed E-state index contributed by atoms with van der Waals surface area (Å²) in [6.45, 7) is 2.14. The Morgan fingerprint density at radius 2 is 2.24 bits per heavy atom. The van der Waals surface area contributed by atoms with Crippen molar-refractivity contribution < 1.29 is 4.79 Å². The fraction of sp³-hybridized carbons (Fsp3) is 0.286. The van der Waals surface area contributed by atoms with E-state index in [-0.39, 0.29) is 5.78 Å². The van der Waals surface area contributed by atoms with E-state index in [2.05, 4.69) is 11.9 Å². The Bertz CT molecular complexity index is 491. The number of nitrogens with zero attached hydrogens (tertiary/aromatic N) is 1. The Morgan fingerprint density at radius 1 is 1.35 bits per heavy atom. The quantitative estimate of drug-likeness (QED) is 0.751. The average Bonchev–Trinajstić information content (AvgIpc) is 2.89. The molecular formula is C14H15NOS. The number of pyridine rings is 1. The molecule has 0 bridgehead atoms. The number of aryl methyl sites for hydroxylation is 1. The third kappa shape index (κ3) is 2.80. The zero-order valence-electron chi connectivity index (χ0n) is 9.85. The Hall–Kier alpha value is -1.48. The topological polar surface area (TPSA) is 30.0 Å². The SMILES string of the molecule is CCCCc1ncccc1C(=O)c1cccs1. The highest BCUT2D eigenvalue weighted by atomic mass is 32.1. The zero-order valence-corrected chi connectivity index (χ0v) is 10.7. The number of unbranched alkanes of at least 4 members (excludes halogenated alkanes) is 1. The van der Waals surface area contributed by atoms with Gasteiger partial charge in [0.15, 0.2) is 0 Å². The molecule has 88 valence electrons. The molecule has 0 aliphatic heterocycles. The third-order valence-electron chi connectivity index (χ3n) is 2.65. The van der Waals surface area contributed by atoms with Crippen LogP contribution in [-0.4, -0.2) is 10.8 Å². The molecule has 0 saturated heterocycles. The number of ketones is 1. The van der Waals surface area contributed by atoms with Crippen molar-refractivity contribution in [3.63, 3.8) is 0 Å². The lowest BCUT2D eigenvalue weighted by Crippen LogP contribution is -2.05. The molecule has 0 radical (unpaired) electrons. The first-order valence-corrected chi connectivity index (χ1v) is 6.73. The van der Waals surface area contributed by atoms with E-state index in [4.69, 9.17) is 0 Å². The van der Waals surface area contributed by atoms with Crippen molar-refractivity contribution in [3.8, 4) is 0 Å². The van der Waals surface area contributed by atoms with Gasteiger partial charge in [0.25, 0.3) is 0 Å². The van der Waals surface area contributed by atoms with Gasteiger partial charge in [0.1, 0.15) is 0 Å². The van der Waals surface area contributed by atoms with Crippen molar-refractivity contribution in [2.75, 3.05) is 0 Å². The molecule has 17 heavy (non-hydrogen) atoms. The number of carbonyl (C=O) groups excluding carboxylic acids is 1. The molecule has 0 atom stereocenters. The van der Waals surface area contributed by atoms with E-state index < -0.39 is 0 Å². The molecule has 0 N–H and O–H groups in total. The van der Waals surface area contributed by atoms with Gasteiger partial charge in [-0.25, -0.2) is 0 Å². The summed E-state index contributed by atoms with van der Waals surface area (Å²) in [7, 11) is 0. The van der Waals surface area contributed by atoms with Gasteiger partial charge in [0, 0.05) is 11.8 Å². The number of thiophene rings is 1. The average molecular weight is 245 g/mol. The molecule has 2 heterocycles. The summed E-state index contributed by atoms with van der Waals surface area (Å²) >= 11 is 1.48. The lowest BCUT2D eigenvalue weighted by Gasteiger charge is -2.05. The van der Waals surface area contributed by atoms with E-state index in [1.165, 1.54) is 11.3 Å². The van der Waals surface area contributed by atoms with Crippen molar-refractivity contribution in [2.45, 2.75) is 26.2 Å². The molecule has 0 fully saturated rings. The molecule has 3 heteroatoms. The molecule has 2 rings (SSSR count). The van der Waals surface area contributed by atoms with Crippen LogP contribution in [0.4, 0.5) is 0 Å². The minimum Gasteiger partial charge on any atom is -0.288 e. The molecule has 0 saturated carbocycles. The fourth-order valence-corrected chi connectivity index (χ4v) is 2.41. The normalized spacial score (nSPS) is 10.4. The number of carbonyl (C=O) groups is 1. The molecule has 2 aromatic rings. The van der Waals surface area contributed by atoms with Crippen LogP contribution in [0.1, 0.15) is 40.7 Å². The smallest absolute Gasteiger partial charge is 0.204 e. The van der Waals surface area contributed by atoms with Gasteiger partial charge in [-0.1, -0.05) is 19.4 Å². The highest BCUT2D eigenvalue weighted by molar-refractivity contribution is 7.12. The standard InChI is InChI=1S/C14H15NOS/c1-2-3-7-12-11(6-4-9-15-12)14(16)13-8-5-10-17-13/h4-6,8-10H,2-3,7H2,1H3. The summed E-state index contributed by atoms with van der Waals surface area (Å²) in [6.07, 6.45) is 4.82. The second kappa shape index (κ2) is 5.73. The summed E-state index contributed by atoms with van der Waals surface area (Å²) in [5, 5.41) is 1.93. The first-order valence-electron chi connectivity index (χ1n) is 5.85. The van der Waals surface area contributed by atoms with Gasteiger partial charge < -0.3 is 0 Å². The van der Waals surface area contributed by atoms with Crippen LogP contribution >= 0.6 is 11.3 Å². The van der Waals surface area contributed by atoms with Crippen LogP contribution in [0.5, 0.6) is 0 Å². The first kappa shape index (κ1) is 12.0. The number of rotatable bonds is 5. The van der Waals surface area contributed by atoms with Crippen molar-refractivity contribution in [1.29, 1.82) is 0 Å². The first-order chi connectivity index (χ1) is 8.33. The molecule has 0 aromatic carbocycles. The van der Waals surface area contributed by atoms with Gasteiger partial charge >= 0.3 is 0 Å². The van der Waals surface area contributed by atoms with Crippen LogP contribution in [0.25, 0.3) is 0 Å². The van der Waals surface area contributed by atoms with E-state index in [1.807, 2.05) is 29.6 Å². The van der Waals surface area contributed by atoms with E-state index >= 15 is 0 Å². The highest BCUT2D eigenvalue weighted by Gasteiger charge is 2.14. The van der Waals surface area contributed by atoms with E-state index in [0.717, 1.165) is 35.4 Å². The lowest BCUT2D eigenvalue weighted by atomic mass is 10.0. The second-order valence-corrected chi connectivity index (χ2v) is 4.86. The van der Waals surface area contributed by atoms with Crippen molar-refractivity contribution in [1.82, 2.24) is 4.98 Å². The summed E-state index contributed by atoms with van der Waals surface area (Å²) in [5.74, 6) is 0.0965. The fourth-order valence-electron chi connectivity index (χ4n) is 1.73. The number of aromatic nitrogens is 1. The van der Waals surface area contributed by atoms with Crippen LogP contribution in [0.2, 0.25) is 0 Å². The minimum absolute atomic E-state index is 0.0965. The third-order valence-corrected chi connectivity index (χ3v) is 3.52. The maximum Gasteiger partial charge on any atom is 0.204 e. The summed E-state index contributed by atoms with van der Waals surface area (Å²) in [4.78, 5) is 17.4. The van der Waals surface area contributed by atoms with Crippen LogP contribution < -0.4 is 0 Å². The molecule has 2 aromatic heterocycles. The predicted molar refractivity (Wildman–Crippen MR) is 70.6 cm³/mol. The Morgan fingerprint density at radius 3 is 2.94 bits per heavy atom. The molecular weight excluding hydrogens is 230 g/mol. The van der Waals surface area contributed by atoms with Gasteiger partial charge in [-0.3, -0.25) is 9.78 Å². The molecule has 2 nitrogen and oxygen atoms in total. The van der Waals surface area contributed by atoms with Crippen LogP contribution in [-0.2, 0) is 6.42 Å². The zero-order chi connectivity index (χ0) is 12.1.